The Balaban J connectivity index is 3.08. The number of pyridine rings is 1. The fourth-order valence-electron chi connectivity index (χ4n) is 1.72. The fraction of sp³-hybridized carbons (Fsp3) is 0.615. The van der Waals surface area contributed by atoms with Crippen molar-refractivity contribution in [2.75, 3.05) is 24.3 Å². The molecule has 2 N–H and O–H groups in total. The molecular weight excluding hydrogens is 214 g/mol. The summed E-state index contributed by atoms with van der Waals surface area (Å²) in [6.07, 6.45) is 0. The van der Waals surface area contributed by atoms with Crippen molar-refractivity contribution < 1.29 is 4.74 Å². The van der Waals surface area contributed by atoms with Crippen LogP contribution in [-0.2, 0) is 0 Å². The van der Waals surface area contributed by atoms with E-state index in [9.17, 15) is 0 Å². The highest BCUT2D eigenvalue weighted by molar-refractivity contribution is 5.64. The molecule has 96 valence electrons. The van der Waals surface area contributed by atoms with Crippen LogP contribution in [0, 0.1) is 5.92 Å². The molecule has 1 aromatic rings. The van der Waals surface area contributed by atoms with Gasteiger partial charge >= 0.3 is 0 Å². The van der Waals surface area contributed by atoms with Gasteiger partial charge < -0.3 is 15.4 Å². The fourth-order valence-corrected chi connectivity index (χ4v) is 1.72. The number of rotatable bonds is 5. The highest BCUT2D eigenvalue weighted by atomic mass is 16.5. The molecule has 0 radical (unpaired) electrons. The Labute approximate surface area is 104 Å². The molecule has 0 atom stereocenters. The molecule has 0 aliphatic heterocycles. The predicted molar refractivity (Wildman–Crippen MR) is 72.5 cm³/mol. The second-order valence-electron chi connectivity index (χ2n) is 4.91. The summed E-state index contributed by atoms with van der Waals surface area (Å²) >= 11 is 0. The molecule has 1 aromatic heterocycles. The lowest BCUT2D eigenvalue weighted by Crippen LogP contribution is -2.35. The van der Waals surface area contributed by atoms with Crippen LogP contribution in [0.5, 0.6) is 5.88 Å². The highest BCUT2D eigenvalue weighted by Gasteiger charge is 2.17. The number of hydrogen-bond donors (Lipinski definition) is 1. The van der Waals surface area contributed by atoms with Crippen LogP contribution in [0.4, 0.5) is 11.5 Å². The number of nitrogens with zero attached hydrogens (tertiary/aromatic N) is 2. The number of ether oxygens (including phenoxy) is 1. The molecule has 0 saturated carbocycles. The quantitative estimate of drug-likeness (QED) is 0.855. The average molecular weight is 237 g/mol. The van der Waals surface area contributed by atoms with Gasteiger partial charge in [0, 0.05) is 18.7 Å². The second-order valence-corrected chi connectivity index (χ2v) is 4.91. The molecule has 0 spiro atoms. The van der Waals surface area contributed by atoms with Crippen LogP contribution < -0.4 is 15.4 Å². The van der Waals surface area contributed by atoms with Crippen LogP contribution in [0.1, 0.15) is 27.7 Å². The van der Waals surface area contributed by atoms with E-state index in [1.807, 2.05) is 6.07 Å². The molecule has 0 aliphatic rings. The number of hydrogen-bond acceptors (Lipinski definition) is 4. The number of nitrogens with two attached hydrogens (primary N) is 1. The van der Waals surface area contributed by atoms with E-state index in [1.54, 1.807) is 13.2 Å². The molecule has 0 fully saturated rings. The van der Waals surface area contributed by atoms with Crippen LogP contribution >= 0.6 is 0 Å². The van der Waals surface area contributed by atoms with Crippen molar-refractivity contribution in [1.29, 1.82) is 0 Å². The Morgan fingerprint density at radius 2 is 1.94 bits per heavy atom. The Morgan fingerprint density at radius 1 is 1.29 bits per heavy atom. The zero-order valence-electron chi connectivity index (χ0n) is 11.4. The maximum Gasteiger partial charge on any atom is 0.215 e. The number of aromatic nitrogens is 1. The minimum absolute atomic E-state index is 0.360. The highest BCUT2D eigenvalue weighted by Crippen LogP contribution is 2.26. The summed E-state index contributed by atoms with van der Waals surface area (Å²) in [5.41, 5.74) is 6.69. The molecule has 1 heterocycles. The van der Waals surface area contributed by atoms with E-state index in [4.69, 9.17) is 10.5 Å². The molecule has 0 bridgehead atoms. The average Bonchev–Trinajstić information content (AvgIpc) is 2.26. The first kappa shape index (κ1) is 13.6. The normalized spacial score (nSPS) is 11.0. The van der Waals surface area contributed by atoms with Gasteiger partial charge in [-0.15, -0.1) is 0 Å². The molecule has 0 aliphatic carbocycles. The van der Waals surface area contributed by atoms with Gasteiger partial charge in [-0.1, -0.05) is 13.8 Å². The van der Waals surface area contributed by atoms with Gasteiger partial charge in [0.2, 0.25) is 5.88 Å². The van der Waals surface area contributed by atoms with Crippen molar-refractivity contribution in [2.45, 2.75) is 33.7 Å². The van der Waals surface area contributed by atoms with Crippen molar-refractivity contribution in [1.82, 2.24) is 4.98 Å². The zero-order valence-corrected chi connectivity index (χ0v) is 11.4. The minimum Gasteiger partial charge on any atom is -0.481 e. The molecular formula is C13H23N3O. The largest absolute Gasteiger partial charge is 0.481 e. The Kier molecular flexibility index (Phi) is 4.61. The summed E-state index contributed by atoms with van der Waals surface area (Å²) in [5.74, 6) is 1.97. The summed E-state index contributed by atoms with van der Waals surface area (Å²) in [6.45, 7) is 9.59. The van der Waals surface area contributed by atoms with E-state index < -0.39 is 0 Å². The van der Waals surface area contributed by atoms with E-state index in [2.05, 4.69) is 37.6 Å². The first-order valence-electron chi connectivity index (χ1n) is 6.02. The molecule has 4 heteroatoms. The van der Waals surface area contributed by atoms with Crippen LogP contribution in [0.15, 0.2) is 12.1 Å². The van der Waals surface area contributed by atoms with Crippen molar-refractivity contribution in [3.8, 4) is 5.88 Å². The van der Waals surface area contributed by atoms with Gasteiger partial charge in [-0.3, -0.25) is 0 Å². The van der Waals surface area contributed by atoms with E-state index >= 15 is 0 Å². The van der Waals surface area contributed by atoms with Crippen molar-refractivity contribution >= 4 is 11.5 Å². The van der Waals surface area contributed by atoms with Gasteiger partial charge in [0.05, 0.1) is 12.8 Å². The lowest BCUT2D eigenvalue weighted by atomic mass is 10.1. The van der Waals surface area contributed by atoms with E-state index in [-0.39, 0.29) is 0 Å². The molecule has 17 heavy (non-hydrogen) atoms. The topological polar surface area (TPSA) is 51.4 Å². The summed E-state index contributed by atoms with van der Waals surface area (Å²) in [4.78, 5) is 6.65. The van der Waals surface area contributed by atoms with Crippen LogP contribution in [0.3, 0.4) is 0 Å². The standard InChI is InChI=1S/C13H23N3O/c1-9(2)8-16(10(3)4)13-11(14)6-7-12(15-13)17-5/h6-7,9-10H,8,14H2,1-5H3. The lowest BCUT2D eigenvalue weighted by Gasteiger charge is -2.30. The second kappa shape index (κ2) is 5.75. The Bertz CT molecular complexity index is 364. The minimum atomic E-state index is 0.360. The van der Waals surface area contributed by atoms with E-state index in [0.717, 1.165) is 12.4 Å². The molecule has 4 nitrogen and oxygen atoms in total. The van der Waals surface area contributed by atoms with Gasteiger partial charge in [0.1, 0.15) is 0 Å². The van der Waals surface area contributed by atoms with Crippen molar-refractivity contribution in [3.63, 3.8) is 0 Å². The first-order chi connectivity index (χ1) is 7.95. The number of anilines is 2. The summed E-state index contributed by atoms with van der Waals surface area (Å²) in [6, 6.07) is 3.99. The van der Waals surface area contributed by atoms with Crippen LogP contribution in [0.25, 0.3) is 0 Å². The third-order valence-corrected chi connectivity index (χ3v) is 2.55. The predicted octanol–water partition coefficient (Wildman–Crippen LogP) is 2.54. The maximum absolute atomic E-state index is 6.00. The van der Waals surface area contributed by atoms with E-state index in [1.165, 1.54) is 0 Å². The third kappa shape index (κ3) is 3.51. The van der Waals surface area contributed by atoms with E-state index in [0.29, 0.717) is 23.5 Å². The molecule has 0 amide bonds. The molecule has 0 unspecified atom stereocenters. The SMILES string of the molecule is COc1ccc(N)c(N(CC(C)C)C(C)C)n1. The first-order valence-corrected chi connectivity index (χ1v) is 6.02. The van der Waals surface area contributed by atoms with Crippen molar-refractivity contribution in [3.05, 3.63) is 12.1 Å². The Hall–Kier alpha value is -1.45. The van der Waals surface area contributed by atoms with Crippen LogP contribution in [0.2, 0.25) is 0 Å². The zero-order chi connectivity index (χ0) is 13.0. The smallest absolute Gasteiger partial charge is 0.215 e. The molecule has 0 aromatic carbocycles. The van der Waals surface area contributed by atoms with Crippen LogP contribution in [-0.4, -0.2) is 24.7 Å². The summed E-state index contributed by atoms with van der Waals surface area (Å²) in [7, 11) is 1.62. The molecule has 1 rings (SSSR count). The Morgan fingerprint density at radius 3 is 2.41 bits per heavy atom. The molecule has 0 saturated heterocycles. The van der Waals surface area contributed by atoms with Gasteiger partial charge in [-0.05, 0) is 25.8 Å². The number of nitrogen functional groups attached to an aromatic ring is 1. The van der Waals surface area contributed by atoms with Gasteiger partial charge in [-0.25, -0.2) is 0 Å². The maximum atomic E-state index is 6.00. The van der Waals surface area contributed by atoms with Gasteiger partial charge in [0.25, 0.3) is 0 Å². The van der Waals surface area contributed by atoms with Crippen molar-refractivity contribution in [2.24, 2.45) is 5.92 Å². The summed E-state index contributed by atoms with van der Waals surface area (Å²) in [5, 5.41) is 0. The summed E-state index contributed by atoms with van der Waals surface area (Å²) < 4.78 is 5.15. The monoisotopic (exact) mass is 237 g/mol. The van der Waals surface area contributed by atoms with Gasteiger partial charge in [-0.2, -0.15) is 4.98 Å². The number of methoxy groups -OCH3 is 1. The van der Waals surface area contributed by atoms with Gasteiger partial charge in [0.15, 0.2) is 5.82 Å². The third-order valence-electron chi connectivity index (χ3n) is 2.55. The lowest BCUT2D eigenvalue weighted by molar-refractivity contribution is 0.397.